The van der Waals surface area contributed by atoms with Crippen LogP contribution in [0.15, 0.2) is 36.7 Å². The molecular weight excluding hydrogens is 288 g/mol. The van der Waals surface area contributed by atoms with Crippen LogP contribution in [0.2, 0.25) is 0 Å². The van der Waals surface area contributed by atoms with Gasteiger partial charge in [0.2, 0.25) is 0 Å². The summed E-state index contributed by atoms with van der Waals surface area (Å²) in [6.45, 7) is 3.06. The molecule has 1 aromatic heterocycles. The Bertz CT molecular complexity index is 612. The Morgan fingerprint density at radius 2 is 1.87 bits per heavy atom. The maximum absolute atomic E-state index is 6.03. The zero-order valence-electron chi connectivity index (χ0n) is 13.6. The largest absolute Gasteiger partial charge is 0.497 e. The highest BCUT2D eigenvalue weighted by Crippen LogP contribution is 2.19. The lowest BCUT2D eigenvalue weighted by molar-refractivity contribution is 0.275. The molecule has 23 heavy (non-hydrogen) atoms. The van der Waals surface area contributed by atoms with Crippen molar-refractivity contribution in [2.75, 3.05) is 20.2 Å². The highest BCUT2D eigenvalue weighted by molar-refractivity contribution is 5.55. The number of aromatic nitrogens is 2. The lowest BCUT2D eigenvalue weighted by Gasteiger charge is -2.19. The molecular formula is C18H24N4O. The molecule has 0 aliphatic carbocycles. The van der Waals surface area contributed by atoms with Crippen molar-refractivity contribution < 1.29 is 4.74 Å². The van der Waals surface area contributed by atoms with Gasteiger partial charge in [0.15, 0.2) is 5.82 Å². The molecule has 3 rings (SSSR count). The van der Waals surface area contributed by atoms with E-state index in [4.69, 9.17) is 10.5 Å². The monoisotopic (exact) mass is 312 g/mol. The first kappa shape index (κ1) is 15.9. The van der Waals surface area contributed by atoms with Crippen molar-refractivity contribution in [2.45, 2.75) is 31.8 Å². The summed E-state index contributed by atoms with van der Waals surface area (Å²) in [5.41, 5.74) is 8.18. The first-order valence-corrected chi connectivity index (χ1v) is 8.18. The Morgan fingerprint density at radius 1 is 1.13 bits per heavy atom. The second-order valence-electron chi connectivity index (χ2n) is 6.11. The summed E-state index contributed by atoms with van der Waals surface area (Å²) in [5.74, 6) is 1.58. The van der Waals surface area contributed by atoms with Crippen LogP contribution in [0.4, 0.5) is 0 Å². The van der Waals surface area contributed by atoms with Crippen LogP contribution in [-0.2, 0) is 6.54 Å². The zero-order valence-corrected chi connectivity index (χ0v) is 13.6. The molecule has 1 saturated heterocycles. The van der Waals surface area contributed by atoms with E-state index >= 15 is 0 Å². The van der Waals surface area contributed by atoms with Crippen molar-refractivity contribution in [2.24, 2.45) is 5.73 Å². The smallest absolute Gasteiger partial charge is 0.159 e. The molecule has 1 unspecified atom stereocenters. The highest BCUT2D eigenvalue weighted by Gasteiger charge is 2.14. The van der Waals surface area contributed by atoms with E-state index < -0.39 is 0 Å². The molecule has 1 aromatic carbocycles. The number of hydrogen-bond donors (Lipinski definition) is 1. The Labute approximate surface area is 137 Å². The van der Waals surface area contributed by atoms with Crippen molar-refractivity contribution in [3.8, 4) is 17.1 Å². The SMILES string of the molecule is COc1ccc(-c2ncc(CN3CCCC(N)CC3)cn2)cc1. The van der Waals surface area contributed by atoms with Gasteiger partial charge in [0, 0.05) is 36.1 Å². The minimum Gasteiger partial charge on any atom is -0.497 e. The quantitative estimate of drug-likeness (QED) is 0.939. The van der Waals surface area contributed by atoms with Gasteiger partial charge in [-0.05, 0) is 56.6 Å². The van der Waals surface area contributed by atoms with Crippen molar-refractivity contribution in [1.29, 1.82) is 0 Å². The lowest BCUT2D eigenvalue weighted by atomic mass is 10.1. The van der Waals surface area contributed by atoms with Crippen LogP contribution in [-0.4, -0.2) is 41.1 Å². The van der Waals surface area contributed by atoms with Gasteiger partial charge >= 0.3 is 0 Å². The summed E-state index contributed by atoms with van der Waals surface area (Å²) in [5, 5.41) is 0. The molecule has 0 radical (unpaired) electrons. The first-order chi connectivity index (χ1) is 11.2. The van der Waals surface area contributed by atoms with Crippen molar-refractivity contribution in [3.05, 3.63) is 42.2 Å². The van der Waals surface area contributed by atoms with Gasteiger partial charge in [-0.1, -0.05) is 0 Å². The number of hydrogen-bond acceptors (Lipinski definition) is 5. The van der Waals surface area contributed by atoms with Crippen molar-refractivity contribution in [1.82, 2.24) is 14.9 Å². The number of nitrogens with zero attached hydrogens (tertiary/aromatic N) is 3. The Morgan fingerprint density at radius 3 is 2.57 bits per heavy atom. The van der Waals surface area contributed by atoms with Crippen LogP contribution in [0.1, 0.15) is 24.8 Å². The van der Waals surface area contributed by atoms with Crippen LogP contribution in [0.3, 0.4) is 0 Å². The van der Waals surface area contributed by atoms with Gasteiger partial charge in [-0.2, -0.15) is 0 Å². The Hall–Kier alpha value is -1.98. The third-order valence-electron chi connectivity index (χ3n) is 4.33. The number of likely N-dealkylation sites (tertiary alicyclic amines) is 1. The van der Waals surface area contributed by atoms with Crippen molar-refractivity contribution in [3.63, 3.8) is 0 Å². The van der Waals surface area contributed by atoms with E-state index in [9.17, 15) is 0 Å². The highest BCUT2D eigenvalue weighted by atomic mass is 16.5. The summed E-state index contributed by atoms with van der Waals surface area (Å²) < 4.78 is 5.17. The third kappa shape index (κ3) is 4.27. The van der Waals surface area contributed by atoms with E-state index in [0.29, 0.717) is 6.04 Å². The van der Waals surface area contributed by atoms with E-state index in [0.717, 1.165) is 55.2 Å². The van der Waals surface area contributed by atoms with Gasteiger partial charge < -0.3 is 10.5 Å². The van der Waals surface area contributed by atoms with Gasteiger partial charge in [0.05, 0.1) is 7.11 Å². The molecule has 2 aromatic rings. The molecule has 0 saturated carbocycles. The summed E-state index contributed by atoms with van der Waals surface area (Å²) in [4.78, 5) is 11.5. The van der Waals surface area contributed by atoms with Crippen LogP contribution in [0, 0.1) is 0 Å². The van der Waals surface area contributed by atoms with Gasteiger partial charge in [-0.15, -0.1) is 0 Å². The first-order valence-electron chi connectivity index (χ1n) is 8.18. The fourth-order valence-corrected chi connectivity index (χ4v) is 2.92. The van der Waals surface area contributed by atoms with Crippen LogP contribution in [0.5, 0.6) is 5.75 Å². The normalized spacial score (nSPS) is 19.3. The Balaban J connectivity index is 1.64. The average Bonchev–Trinajstić information content (AvgIpc) is 2.80. The standard InChI is InChI=1S/C18H24N4O/c1-23-17-6-4-15(5-7-17)18-20-11-14(12-21-18)13-22-9-2-3-16(19)8-10-22/h4-7,11-12,16H,2-3,8-10,13,19H2,1H3. The average molecular weight is 312 g/mol. The number of benzene rings is 1. The molecule has 1 aliphatic heterocycles. The summed E-state index contributed by atoms with van der Waals surface area (Å²) >= 11 is 0. The number of nitrogens with two attached hydrogens (primary N) is 1. The second kappa shape index (κ2) is 7.53. The van der Waals surface area contributed by atoms with E-state index in [2.05, 4.69) is 14.9 Å². The molecule has 1 aliphatic rings. The molecule has 2 N–H and O–H groups in total. The minimum atomic E-state index is 0.355. The third-order valence-corrected chi connectivity index (χ3v) is 4.33. The number of ether oxygens (including phenoxy) is 1. The maximum atomic E-state index is 6.03. The maximum Gasteiger partial charge on any atom is 0.159 e. The Kier molecular flexibility index (Phi) is 5.20. The summed E-state index contributed by atoms with van der Waals surface area (Å²) in [6, 6.07) is 8.16. The molecule has 1 fully saturated rings. The van der Waals surface area contributed by atoms with Gasteiger partial charge in [0.25, 0.3) is 0 Å². The molecule has 2 heterocycles. The van der Waals surface area contributed by atoms with Crippen LogP contribution in [0.25, 0.3) is 11.4 Å². The molecule has 0 amide bonds. The van der Waals surface area contributed by atoms with Crippen LogP contribution >= 0.6 is 0 Å². The number of methoxy groups -OCH3 is 1. The van der Waals surface area contributed by atoms with E-state index in [1.807, 2.05) is 36.7 Å². The molecule has 122 valence electrons. The topological polar surface area (TPSA) is 64.3 Å². The molecule has 1 atom stereocenters. The fourth-order valence-electron chi connectivity index (χ4n) is 2.92. The number of rotatable bonds is 4. The molecule has 5 nitrogen and oxygen atoms in total. The molecule has 0 bridgehead atoms. The predicted molar refractivity (Wildman–Crippen MR) is 91.1 cm³/mol. The van der Waals surface area contributed by atoms with Gasteiger partial charge in [-0.25, -0.2) is 9.97 Å². The predicted octanol–water partition coefficient (Wildman–Crippen LogP) is 2.47. The fraction of sp³-hybridized carbons (Fsp3) is 0.444. The zero-order chi connectivity index (χ0) is 16.1. The summed E-state index contributed by atoms with van der Waals surface area (Å²) in [6.07, 6.45) is 7.23. The summed E-state index contributed by atoms with van der Waals surface area (Å²) in [7, 11) is 1.66. The lowest BCUT2D eigenvalue weighted by Crippen LogP contribution is -2.26. The van der Waals surface area contributed by atoms with E-state index in [1.165, 1.54) is 6.42 Å². The second-order valence-corrected chi connectivity index (χ2v) is 6.11. The van der Waals surface area contributed by atoms with Crippen molar-refractivity contribution >= 4 is 0 Å². The van der Waals surface area contributed by atoms with E-state index in [1.54, 1.807) is 7.11 Å². The van der Waals surface area contributed by atoms with Gasteiger partial charge in [-0.3, -0.25) is 4.90 Å². The minimum absolute atomic E-state index is 0.355. The van der Waals surface area contributed by atoms with Crippen LogP contribution < -0.4 is 10.5 Å². The van der Waals surface area contributed by atoms with E-state index in [-0.39, 0.29) is 0 Å². The molecule has 5 heteroatoms. The van der Waals surface area contributed by atoms with Gasteiger partial charge in [0.1, 0.15) is 5.75 Å². The molecule has 0 spiro atoms.